The lowest BCUT2D eigenvalue weighted by atomic mass is 10.2. The average Bonchev–Trinajstić information content (AvgIpc) is 2.72. The molecular weight excluding hydrogens is 190 g/mol. The highest BCUT2D eigenvalue weighted by Gasteiger charge is 2.15. The van der Waals surface area contributed by atoms with E-state index >= 15 is 0 Å². The summed E-state index contributed by atoms with van der Waals surface area (Å²) in [6, 6.07) is 0. The van der Waals surface area contributed by atoms with E-state index in [9.17, 15) is 4.79 Å². The van der Waals surface area contributed by atoms with E-state index < -0.39 is 0 Å². The van der Waals surface area contributed by atoms with Crippen LogP contribution in [0.4, 0.5) is 0 Å². The molecule has 13 heavy (non-hydrogen) atoms. The monoisotopic (exact) mass is 195 g/mol. The highest BCUT2D eigenvalue weighted by atomic mass is 32.1. The van der Waals surface area contributed by atoms with Crippen molar-refractivity contribution in [3.63, 3.8) is 0 Å². The van der Waals surface area contributed by atoms with Gasteiger partial charge in [-0.15, -0.1) is 5.10 Å². The van der Waals surface area contributed by atoms with Crippen LogP contribution in [0.2, 0.25) is 0 Å². The van der Waals surface area contributed by atoms with Crippen LogP contribution in [0.15, 0.2) is 12.4 Å². The Hall–Kier alpha value is -1.63. The third kappa shape index (κ3) is 1.33. The summed E-state index contributed by atoms with van der Waals surface area (Å²) in [5, 5.41) is 7.25. The van der Waals surface area contributed by atoms with Crippen LogP contribution < -0.4 is 0 Å². The molecule has 2 aromatic rings. The van der Waals surface area contributed by atoms with Crippen molar-refractivity contribution < 1.29 is 4.79 Å². The standard InChI is InChI=1S/C6H5N5OS/c1-11-5(3-7-10-11)6(12)4-2-8-13-9-4/h2-3H,1H3. The number of nitrogens with zero attached hydrogens (tertiary/aromatic N) is 5. The van der Waals surface area contributed by atoms with E-state index in [1.165, 1.54) is 17.1 Å². The van der Waals surface area contributed by atoms with Crippen molar-refractivity contribution in [2.24, 2.45) is 7.05 Å². The van der Waals surface area contributed by atoms with Crippen LogP contribution in [0, 0.1) is 0 Å². The van der Waals surface area contributed by atoms with Crippen LogP contribution >= 0.6 is 11.7 Å². The summed E-state index contributed by atoms with van der Waals surface area (Å²) < 4.78 is 8.97. The summed E-state index contributed by atoms with van der Waals surface area (Å²) in [5.41, 5.74) is 0.739. The van der Waals surface area contributed by atoms with Crippen molar-refractivity contribution in [1.29, 1.82) is 0 Å². The number of carbonyl (C=O) groups is 1. The first kappa shape index (κ1) is 7.99. The zero-order chi connectivity index (χ0) is 9.26. The first-order valence-corrected chi connectivity index (χ1v) is 4.19. The van der Waals surface area contributed by atoms with Gasteiger partial charge in [-0.05, 0) is 0 Å². The molecule has 2 rings (SSSR count). The highest BCUT2D eigenvalue weighted by Crippen LogP contribution is 2.04. The maximum Gasteiger partial charge on any atom is 0.233 e. The van der Waals surface area contributed by atoms with Gasteiger partial charge in [0, 0.05) is 7.05 Å². The molecule has 0 fully saturated rings. The van der Waals surface area contributed by atoms with Gasteiger partial charge in [0.2, 0.25) is 5.78 Å². The molecule has 0 radical (unpaired) electrons. The lowest BCUT2D eigenvalue weighted by Gasteiger charge is -1.93. The van der Waals surface area contributed by atoms with Gasteiger partial charge in [0.15, 0.2) is 0 Å². The Morgan fingerprint density at radius 3 is 2.92 bits per heavy atom. The third-order valence-corrected chi connectivity index (χ3v) is 2.02. The summed E-state index contributed by atoms with van der Waals surface area (Å²) in [6.07, 6.45) is 2.84. The van der Waals surface area contributed by atoms with Gasteiger partial charge in [0.05, 0.1) is 24.1 Å². The molecule has 0 saturated carbocycles. The number of aromatic nitrogens is 5. The van der Waals surface area contributed by atoms with Crippen LogP contribution in [0.3, 0.4) is 0 Å². The van der Waals surface area contributed by atoms with Crippen molar-refractivity contribution in [2.45, 2.75) is 0 Å². The topological polar surface area (TPSA) is 73.6 Å². The van der Waals surface area contributed by atoms with Crippen molar-refractivity contribution in [3.05, 3.63) is 23.8 Å². The fourth-order valence-corrected chi connectivity index (χ4v) is 1.30. The summed E-state index contributed by atoms with van der Waals surface area (Å²) in [5.74, 6) is -0.207. The quantitative estimate of drug-likeness (QED) is 0.625. The third-order valence-electron chi connectivity index (χ3n) is 1.54. The number of hydrogen-bond donors (Lipinski definition) is 0. The van der Waals surface area contributed by atoms with Crippen molar-refractivity contribution >= 4 is 17.5 Å². The van der Waals surface area contributed by atoms with Crippen molar-refractivity contribution in [3.8, 4) is 0 Å². The summed E-state index contributed by atoms with van der Waals surface area (Å²) in [4.78, 5) is 11.6. The lowest BCUT2D eigenvalue weighted by molar-refractivity contribution is 0.102. The van der Waals surface area contributed by atoms with Crippen LogP contribution in [-0.4, -0.2) is 29.5 Å². The largest absolute Gasteiger partial charge is 0.285 e. The van der Waals surface area contributed by atoms with Crippen LogP contribution in [-0.2, 0) is 7.05 Å². The summed E-state index contributed by atoms with van der Waals surface area (Å²) >= 11 is 1.00. The predicted octanol–water partition coefficient (Wildman–Crippen LogP) is -0.102. The van der Waals surface area contributed by atoms with Gasteiger partial charge >= 0.3 is 0 Å². The number of ketones is 1. The Balaban J connectivity index is 2.39. The number of hydrogen-bond acceptors (Lipinski definition) is 6. The predicted molar refractivity (Wildman–Crippen MR) is 44.3 cm³/mol. The van der Waals surface area contributed by atoms with Gasteiger partial charge in [0.1, 0.15) is 11.4 Å². The lowest BCUT2D eigenvalue weighted by Crippen LogP contribution is -2.08. The Bertz CT molecular complexity index is 420. The number of rotatable bonds is 2. The molecule has 7 heteroatoms. The molecule has 0 spiro atoms. The Labute approximate surface area is 77.5 Å². The van der Waals surface area contributed by atoms with Crippen molar-refractivity contribution in [2.75, 3.05) is 0 Å². The Morgan fingerprint density at radius 2 is 2.38 bits per heavy atom. The minimum absolute atomic E-state index is 0.207. The van der Waals surface area contributed by atoms with Gasteiger partial charge < -0.3 is 0 Å². The zero-order valence-corrected chi connectivity index (χ0v) is 7.52. The smallest absolute Gasteiger partial charge is 0.233 e. The van der Waals surface area contributed by atoms with Crippen LogP contribution in [0.25, 0.3) is 0 Å². The molecule has 0 bridgehead atoms. The number of carbonyl (C=O) groups excluding carboxylic acids is 1. The minimum Gasteiger partial charge on any atom is -0.285 e. The molecule has 0 aromatic carbocycles. The number of aryl methyl sites for hydroxylation is 1. The second-order valence-electron chi connectivity index (χ2n) is 2.36. The molecule has 6 nitrogen and oxygen atoms in total. The van der Waals surface area contributed by atoms with E-state index in [1.54, 1.807) is 7.05 Å². The first-order valence-electron chi connectivity index (χ1n) is 3.46. The molecule has 0 unspecified atom stereocenters. The average molecular weight is 195 g/mol. The van der Waals surface area contributed by atoms with Crippen molar-refractivity contribution in [1.82, 2.24) is 23.7 Å². The van der Waals surface area contributed by atoms with Crippen LogP contribution in [0.1, 0.15) is 16.2 Å². The molecule has 0 aliphatic rings. The van der Waals surface area contributed by atoms with Gasteiger partial charge in [-0.3, -0.25) is 4.79 Å². The summed E-state index contributed by atoms with van der Waals surface area (Å²) in [6.45, 7) is 0. The fraction of sp³-hybridized carbons (Fsp3) is 0.167. The van der Waals surface area contributed by atoms with Gasteiger partial charge in [-0.25, -0.2) is 4.68 Å². The van der Waals surface area contributed by atoms with E-state index in [4.69, 9.17) is 0 Å². The van der Waals surface area contributed by atoms with E-state index in [0.717, 1.165) is 11.7 Å². The minimum atomic E-state index is -0.207. The normalized spacial score (nSPS) is 10.2. The summed E-state index contributed by atoms with van der Waals surface area (Å²) in [7, 11) is 1.65. The molecule has 0 N–H and O–H groups in total. The van der Waals surface area contributed by atoms with E-state index in [-0.39, 0.29) is 5.78 Å². The zero-order valence-electron chi connectivity index (χ0n) is 6.71. The van der Waals surface area contributed by atoms with E-state index in [2.05, 4.69) is 19.1 Å². The Kier molecular flexibility index (Phi) is 1.85. The molecule has 0 atom stereocenters. The maximum absolute atomic E-state index is 11.6. The molecule has 66 valence electrons. The SMILES string of the molecule is Cn1nncc1C(=O)c1cnsn1. The van der Waals surface area contributed by atoms with Gasteiger partial charge in [0.25, 0.3) is 0 Å². The van der Waals surface area contributed by atoms with Gasteiger partial charge in [-0.1, -0.05) is 5.21 Å². The van der Waals surface area contributed by atoms with E-state index in [1.807, 2.05) is 0 Å². The van der Waals surface area contributed by atoms with E-state index in [0.29, 0.717) is 11.4 Å². The molecule has 0 aliphatic carbocycles. The molecule has 2 heterocycles. The molecule has 0 aliphatic heterocycles. The van der Waals surface area contributed by atoms with Gasteiger partial charge in [-0.2, -0.15) is 8.75 Å². The second kappa shape index (κ2) is 3.02. The first-order chi connectivity index (χ1) is 6.29. The molecule has 0 amide bonds. The van der Waals surface area contributed by atoms with Crippen LogP contribution in [0.5, 0.6) is 0 Å². The maximum atomic E-state index is 11.6. The molecule has 2 aromatic heterocycles. The fourth-order valence-electron chi connectivity index (χ4n) is 0.891. The molecule has 0 saturated heterocycles. The highest BCUT2D eigenvalue weighted by molar-refractivity contribution is 6.99. The second-order valence-corrected chi connectivity index (χ2v) is 2.92. The molecular formula is C6H5N5OS. The Morgan fingerprint density at radius 1 is 1.54 bits per heavy atom.